The Bertz CT molecular complexity index is 345. The number of nitrogens with zero attached hydrogens (tertiary/aromatic N) is 1. The molecule has 1 aliphatic carbocycles. The van der Waals surface area contributed by atoms with Gasteiger partial charge in [-0.3, -0.25) is 0 Å². The predicted octanol–water partition coefficient (Wildman–Crippen LogP) is 1.59. The van der Waals surface area contributed by atoms with E-state index in [1.165, 1.54) is 0 Å². The number of rotatable bonds is 4. The van der Waals surface area contributed by atoms with Crippen molar-refractivity contribution < 1.29 is 13.2 Å². The Hall–Kier alpha value is 0.160. The van der Waals surface area contributed by atoms with Gasteiger partial charge in [0.2, 0.25) is 10.0 Å². The summed E-state index contributed by atoms with van der Waals surface area (Å²) in [6, 6.07) is 0.0674. The second-order valence-corrected chi connectivity index (χ2v) is 7.15. The Morgan fingerprint density at radius 3 is 2.82 bits per heavy atom. The molecule has 1 heterocycles. The van der Waals surface area contributed by atoms with E-state index in [2.05, 4.69) is 0 Å². The first-order chi connectivity index (χ1) is 8.15. The fourth-order valence-corrected chi connectivity index (χ4v) is 4.80. The third-order valence-corrected chi connectivity index (χ3v) is 5.81. The van der Waals surface area contributed by atoms with E-state index >= 15 is 0 Å². The van der Waals surface area contributed by atoms with Gasteiger partial charge in [0, 0.05) is 12.4 Å². The van der Waals surface area contributed by atoms with E-state index in [0.717, 1.165) is 25.7 Å². The Balaban J connectivity index is 2.07. The highest BCUT2D eigenvalue weighted by molar-refractivity contribution is 7.89. The van der Waals surface area contributed by atoms with Crippen LogP contribution in [0.3, 0.4) is 0 Å². The molecule has 6 heteroatoms. The molecule has 2 fully saturated rings. The maximum absolute atomic E-state index is 12.2. The molecule has 0 bridgehead atoms. The summed E-state index contributed by atoms with van der Waals surface area (Å²) < 4.78 is 31.8. The molecular formula is C11H20ClNO3S. The number of fused-ring (bicyclic) bond motifs is 1. The van der Waals surface area contributed by atoms with Crippen LogP contribution in [0.1, 0.15) is 32.1 Å². The first-order valence-electron chi connectivity index (χ1n) is 6.32. The number of morpholine rings is 1. The summed E-state index contributed by atoms with van der Waals surface area (Å²) in [5.41, 5.74) is 0. The van der Waals surface area contributed by atoms with Crippen molar-refractivity contribution in [2.24, 2.45) is 0 Å². The van der Waals surface area contributed by atoms with Crippen LogP contribution in [0.2, 0.25) is 0 Å². The molecule has 2 rings (SSSR count). The Kier molecular flexibility index (Phi) is 4.69. The normalized spacial score (nSPS) is 31.1. The third kappa shape index (κ3) is 3.13. The van der Waals surface area contributed by atoms with Gasteiger partial charge >= 0.3 is 0 Å². The fourth-order valence-electron chi connectivity index (χ4n) is 2.76. The average molecular weight is 282 g/mol. The molecule has 100 valence electrons. The van der Waals surface area contributed by atoms with Crippen LogP contribution >= 0.6 is 11.6 Å². The number of halogens is 1. The Labute approximate surface area is 108 Å². The van der Waals surface area contributed by atoms with E-state index < -0.39 is 10.0 Å². The standard InChI is InChI=1S/C11H20ClNO3S/c12-6-3-9-17(14,15)13-7-8-16-11-5-2-1-4-10(11)13/h10-11H,1-9H2. The zero-order valence-electron chi connectivity index (χ0n) is 9.98. The molecule has 1 saturated heterocycles. The number of ether oxygens (including phenoxy) is 1. The van der Waals surface area contributed by atoms with Gasteiger partial charge < -0.3 is 4.74 Å². The largest absolute Gasteiger partial charge is 0.375 e. The highest BCUT2D eigenvalue weighted by Gasteiger charge is 2.39. The van der Waals surface area contributed by atoms with Crippen LogP contribution in [0.5, 0.6) is 0 Å². The molecule has 17 heavy (non-hydrogen) atoms. The van der Waals surface area contributed by atoms with Crippen molar-refractivity contribution in [1.82, 2.24) is 4.31 Å². The molecule has 0 N–H and O–H groups in total. The van der Waals surface area contributed by atoms with Crippen molar-refractivity contribution in [2.45, 2.75) is 44.2 Å². The van der Waals surface area contributed by atoms with Gasteiger partial charge in [0.05, 0.1) is 24.5 Å². The zero-order valence-corrected chi connectivity index (χ0v) is 11.5. The van der Waals surface area contributed by atoms with E-state index in [1.807, 2.05) is 0 Å². The predicted molar refractivity (Wildman–Crippen MR) is 67.8 cm³/mol. The van der Waals surface area contributed by atoms with Crippen molar-refractivity contribution in [3.05, 3.63) is 0 Å². The van der Waals surface area contributed by atoms with Crippen molar-refractivity contribution in [3.8, 4) is 0 Å². The van der Waals surface area contributed by atoms with Gasteiger partial charge in [-0.15, -0.1) is 11.6 Å². The molecule has 0 radical (unpaired) electrons. The number of hydrogen-bond donors (Lipinski definition) is 0. The number of alkyl halides is 1. The second kappa shape index (κ2) is 5.87. The van der Waals surface area contributed by atoms with Crippen LogP contribution in [0.4, 0.5) is 0 Å². The first-order valence-corrected chi connectivity index (χ1v) is 8.46. The molecule has 2 aliphatic rings. The number of hydrogen-bond acceptors (Lipinski definition) is 3. The van der Waals surface area contributed by atoms with Gasteiger partial charge in [-0.05, 0) is 19.3 Å². The van der Waals surface area contributed by atoms with E-state index in [9.17, 15) is 8.42 Å². The van der Waals surface area contributed by atoms with E-state index in [1.54, 1.807) is 4.31 Å². The molecule has 0 aromatic carbocycles. The lowest BCUT2D eigenvalue weighted by Crippen LogP contribution is -2.55. The first kappa shape index (κ1) is 13.6. The topological polar surface area (TPSA) is 46.6 Å². The minimum absolute atomic E-state index is 0.0674. The van der Waals surface area contributed by atoms with Gasteiger partial charge in [0.15, 0.2) is 0 Å². The molecule has 4 nitrogen and oxygen atoms in total. The van der Waals surface area contributed by atoms with E-state index in [4.69, 9.17) is 16.3 Å². The summed E-state index contributed by atoms with van der Waals surface area (Å²) in [6.07, 6.45) is 4.82. The van der Waals surface area contributed by atoms with Crippen LogP contribution in [-0.4, -0.2) is 49.7 Å². The van der Waals surface area contributed by atoms with Crippen LogP contribution in [0, 0.1) is 0 Å². The molecular weight excluding hydrogens is 262 g/mol. The highest BCUT2D eigenvalue weighted by Crippen LogP contribution is 2.30. The fraction of sp³-hybridized carbons (Fsp3) is 1.00. The average Bonchev–Trinajstić information content (AvgIpc) is 2.36. The summed E-state index contributed by atoms with van der Waals surface area (Å²) >= 11 is 5.58. The molecule has 0 spiro atoms. The van der Waals surface area contributed by atoms with Crippen molar-refractivity contribution in [3.63, 3.8) is 0 Å². The molecule has 1 aliphatic heterocycles. The lowest BCUT2D eigenvalue weighted by molar-refractivity contribution is -0.0585. The quantitative estimate of drug-likeness (QED) is 0.735. The van der Waals surface area contributed by atoms with E-state index in [-0.39, 0.29) is 17.9 Å². The van der Waals surface area contributed by atoms with Crippen LogP contribution in [0.25, 0.3) is 0 Å². The lowest BCUT2D eigenvalue weighted by Gasteiger charge is -2.42. The summed E-state index contributed by atoms with van der Waals surface area (Å²) in [7, 11) is -3.15. The van der Waals surface area contributed by atoms with Crippen molar-refractivity contribution in [1.29, 1.82) is 0 Å². The van der Waals surface area contributed by atoms with Crippen LogP contribution < -0.4 is 0 Å². The van der Waals surface area contributed by atoms with Crippen LogP contribution in [0.15, 0.2) is 0 Å². The van der Waals surface area contributed by atoms with E-state index in [0.29, 0.717) is 25.5 Å². The van der Waals surface area contributed by atoms with Crippen LogP contribution in [-0.2, 0) is 14.8 Å². The molecule has 0 aromatic heterocycles. The highest BCUT2D eigenvalue weighted by atomic mass is 35.5. The summed E-state index contributed by atoms with van der Waals surface area (Å²) in [6.45, 7) is 1.03. The number of sulfonamides is 1. The molecule has 2 unspecified atom stereocenters. The lowest BCUT2D eigenvalue weighted by atomic mass is 9.91. The van der Waals surface area contributed by atoms with Gasteiger partial charge in [-0.1, -0.05) is 12.8 Å². The smallest absolute Gasteiger partial charge is 0.214 e. The summed E-state index contributed by atoms with van der Waals surface area (Å²) in [4.78, 5) is 0. The van der Waals surface area contributed by atoms with Crippen molar-refractivity contribution in [2.75, 3.05) is 24.8 Å². The maximum Gasteiger partial charge on any atom is 0.214 e. The van der Waals surface area contributed by atoms with Gasteiger partial charge in [0.1, 0.15) is 0 Å². The Morgan fingerprint density at radius 2 is 2.06 bits per heavy atom. The molecule has 2 atom stereocenters. The Morgan fingerprint density at radius 1 is 1.29 bits per heavy atom. The minimum Gasteiger partial charge on any atom is -0.375 e. The summed E-state index contributed by atoms with van der Waals surface area (Å²) in [5, 5.41) is 0. The summed E-state index contributed by atoms with van der Waals surface area (Å²) in [5.74, 6) is 0.567. The zero-order chi connectivity index (χ0) is 12.3. The molecule has 0 amide bonds. The maximum atomic E-state index is 12.2. The van der Waals surface area contributed by atoms with Gasteiger partial charge in [-0.2, -0.15) is 4.31 Å². The van der Waals surface area contributed by atoms with Gasteiger partial charge in [0.25, 0.3) is 0 Å². The monoisotopic (exact) mass is 281 g/mol. The second-order valence-electron chi connectivity index (χ2n) is 4.73. The SMILES string of the molecule is O=S(=O)(CCCCl)N1CCOC2CCCCC21. The van der Waals surface area contributed by atoms with Gasteiger partial charge in [-0.25, -0.2) is 8.42 Å². The van der Waals surface area contributed by atoms with Crippen molar-refractivity contribution >= 4 is 21.6 Å². The third-order valence-electron chi connectivity index (χ3n) is 3.57. The molecule has 0 aromatic rings. The minimum atomic E-state index is -3.15. The molecule has 1 saturated carbocycles.